The zero-order valence-corrected chi connectivity index (χ0v) is 17.6. The number of allylic oxidation sites excluding steroid dienone is 2. The summed E-state index contributed by atoms with van der Waals surface area (Å²) < 4.78 is 35.8. The van der Waals surface area contributed by atoms with Gasteiger partial charge in [0.05, 0.1) is 42.2 Å². The number of sulfone groups is 1. The normalized spacial score (nSPS) is 15.5. The van der Waals surface area contributed by atoms with E-state index >= 15 is 0 Å². The molecule has 0 aliphatic carbocycles. The highest BCUT2D eigenvalue weighted by molar-refractivity contribution is 7.90. The van der Waals surface area contributed by atoms with Gasteiger partial charge in [-0.15, -0.1) is 0 Å². The number of dihydropyridines is 1. The number of nitrogens with zero attached hydrogens (tertiary/aromatic N) is 2. The molecule has 0 fully saturated rings. The molecule has 1 aliphatic rings. The molecule has 2 rings (SSSR count). The lowest BCUT2D eigenvalue weighted by atomic mass is 9.83. The van der Waals surface area contributed by atoms with Gasteiger partial charge in [-0.25, -0.2) is 23.0 Å². The third kappa shape index (κ3) is 3.96. The molecule has 1 aliphatic heterocycles. The van der Waals surface area contributed by atoms with Crippen LogP contribution >= 0.6 is 0 Å². The average molecular weight is 411 g/mol. The molecule has 2 heterocycles. The van der Waals surface area contributed by atoms with Crippen molar-refractivity contribution in [1.29, 1.82) is 0 Å². The van der Waals surface area contributed by atoms with Crippen LogP contribution in [0.2, 0.25) is 0 Å². The highest BCUT2D eigenvalue weighted by atomic mass is 32.2. The van der Waals surface area contributed by atoms with Gasteiger partial charge in [-0.3, -0.25) is 0 Å². The van der Waals surface area contributed by atoms with Gasteiger partial charge in [0.15, 0.2) is 0 Å². The van der Waals surface area contributed by atoms with Crippen LogP contribution in [-0.4, -0.2) is 49.4 Å². The molecule has 0 saturated carbocycles. The molecule has 0 unspecified atom stereocenters. The number of aromatic nitrogens is 2. The van der Waals surface area contributed by atoms with Gasteiger partial charge in [-0.05, 0) is 27.7 Å². The van der Waals surface area contributed by atoms with Crippen LogP contribution < -0.4 is 5.32 Å². The fourth-order valence-corrected chi connectivity index (χ4v) is 4.11. The average Bonchev–Trinajstić information content (AvgIpc) is 2.95. The van der Waals surface area contributed by atoms with Crippen molar-refractivity contribution in [3.8, 4) is 0 Å². The molecule has 10 heteroatoms. The van der Waals surface area contributed by atoms with Crippen molar-refractivity contribution >= 4 is 21.8 Å². The Hall–Kier alpha value is -2.62. The van der Waals surface area contributed by atoms with Gasteiger partial charge in [0.25, 0.3) is 0 Å². The van der Waals surface area contributed by atoms with Crippen LogP contribution in [0.4, 0.5) is 0 Å². The maximum Gasteiger partial charge on any atom is 0.336 e. The lowest BCUT2D eigenvalue weighted by Crippen LogP contribution is -2.33. The second kappa shape index (κ2) is 8.17. The van der Waals surface area contributed by atoms with Gasteiger partial charge in [0, 0.05) is 24.7 Å². The number of hydrogen-bond acceptors (Lipinski definition) is 8. The van der Waals surface area contributed by atoms with Gasteiger partial charge in [-0.1, -0.05) is 0 Å². The summed E-state index contributed by atoms with van der Waals surface area (Å²) in [6.45, 7) is 7.05. The number of hydrogen-bond donors (Lipinski definition) is 1. The minimum atomic E-state index is -3.60. The van der Waals surface area contributed by atoms with Crippen molar-refractivity contribution in [3.63, 3.8) is 0 Å². The van der Waals surface area contributed by atoms with Crippen molar-refractivity contribution in [1.82, 2.24) is 14.9 Å². The molecule has 28 heavy (non-hydrogen) atoms. The van der Waals surface area contributed by atoms with E-state index in [0.29, 0.717) is 17.1 Å². The SMILES string of the molecule is CCOC(=O)C1=C(C)NC(C)=C(C(=O)OCC)C1c1cnc(S(C)(=O)=O)n1C. The first-order chi connectivity index (χ1) is 13.0. The summed E-state index contributed by atoms with van der Waals surface area (Å²) >= 11 is 0. The third-order valence-corrected chi connectivity index (χ3v) is 5.40. The van der Waals surface area contributed by atoms with E-state index < -0.39 is 27.7 Å². The van der Waals surface area contributed by atoms with Crippen LogP contribution in [0.5, 0.6) is 0 Å². The molecular weight excluding hydrogens is 386 g/mol. The van der Waals surface area contributed by atoms with Crippen molar-refractivity contribution in [2.45, 2.75) is 38.8 Å². The van der Waals surface area contributed by atoms with Crippen molar-refractivity contribution in [2.75, 3.05) is 19.5 Å². The summed E-state index contributed by atoms with van der Waals surface area (Å²) in [6.07, 6.45) is 2.40. The molecule has 0 radical (unpaired) electrons. The fourth-order valence-electron chi connectivity index (χ4n) is 3.27. The summed E-state index contributed by atoms with van der Waals surface area (Å²) in [4.78, 5) is 29.4. The molecule has 0 spiro atoms. The van der Waals surface area contributed by atoms with Crippen LogP contribution in [0.1, 0.15) is 39.3 Å². The molecule has 0 atom stereocenters. The summed E-state index contributed by atoms with van der Waals surface area (Å²) in [5, 5.41) is 2.86. The van der Waals surface area contributed by atoms with E-state index in [1.54, 1.807) is 27.7 Å². The van der Waals surface area contributed by atoms with E-state index in [0.717, 1.165) is 6.26 Å². The highest BCUT2D eigenvalue weighted by Crippen LogP contribution is 2.39. The molecule has 154 valence electrons. The molecule has 0 bridgehead atoms. The largest absolute Gasteiger partial charge is 0.463 e. The molecule has 1 N–H and O–H groups in total. The van der Waals surface area contributed by atoms with E-state index in [2.05, 4.69) is 10.3 Å². The molecular formula is C18H25N3O6S. The van der Waals surface area contributed by atoms with Crippen molar-refractivity contribution < 1.29 is 27.5 Å². The van der Waals surface area contributed by atoms with Crippen LogP contribution in [0.25, 0.3) is 0 Å². The number of rotatable bonds is 6. The van der Waals surface area contributed by atoms with Crippen LogP contribution in [-0.2, 0) is 35.9 Å². The quantitative estimate of drug-likeness (QED) is 0.694. The fraction of sp³-hybridized carbons (Fsp3) is 0.500. The van der Waals surface area contributed by atoms with E-state index in [1.165, 1.54) is 17.8 Å². The predicted molar refractivity (Wildman–Crippen MR) is 101 cm³/mol. The number of imidazole rings is 1. The minimum absolute atomic E-state index is 0.153. The zero-order valence-electron chi connectivity index (χ0n) is 16.8. The second-order valence-corrected chi connectivity index (χ2v) is 8.28. The smallest absolute Gasteiger partial charge is 0.336 e. The number of nitrogens with one attached hydrogen (secondary N) is 1. The third-order valence-electron chi connectivity index (χ3n) is 4.36. The van der Waals surface area contributed by atoms with Crippen molar-refractivity contribution in [2.24, 2.45) is 7.05 Å². The number of esters is 2. The number of carbonyl (C=O) groups excluding carboxylic acids is 2. The van der Waals surface area contributed by atoms with Gasteiger partial charge < -0.3 is 19.4 Å². The first-order valence-corrected chi connectivity index (χ1v) is 10.7. The Kier molecular flexibility index (Phi) is 6.33. The Morgan fingerprint density at radius 3 is 1.93 bits per heavy atom. The molecule has 0 saturated heterocycles. The van der Waals surface area contributed by atoms with E-state index in [4.69, 9.17) is 9.47 Å². The van der Waals surface area contributed by atoms with Gasteiger partial charge in [-0.2, -0.15) is 0 Å². The molecule has 0 aromatic carbocycles. The lowest BCUT2D eigenvalue weighted by molar-refractivity contribution is -0.139. The number of carbonyl (C=O) groups is 2. The van der Waals surface area contributed by atoms with Gasteiger partial charge in [0.1, 0.15) is 0 Å². The Morgan fingerprint density at radius 2 is 1.57 bits per heavy atom. The maximum atomic E-state index is 12.7. The van der Waals surface area contributed by atoms with Crippen LogP contribution in [0.3, 0.4) is 0 Å². The second-order valence-electron chi connectivity index (χ2n) is 6.37. The Bertz CT molecular complexity index is 931. The van der Waals surface area contributed by atoms with E-state index in [1.807, 2.05) is 0 Å². The molecule has 1 aromatic heterocycles. The van der Waals surface area contributed by atoms with Crippen molar-refractivity contribution in [3.05, 3.63) is 34.4 Å². The first kappa shape index (κ1) is 21.7. The summed E-state index contributed by atoms with van der Waals surface area (Å²) in [7, 11) is -2.08. The molecule has 0 amide bonds. The summed E-state index contributed by atoms with van der Waals surface area (Å²) in [6, 6.07) is 0. The minimum Gasteiger partial charge on any atom is -0.463 e. The van der Waals surface area contributed by atoms with Crippen LogP contribution in [0.15, 0.2) is 33.9 Å². The Balaban J connectivity index is 2.75. The maximum absolute atomic E-state index is 12.7. The molecule has 1 aromatic rings. The lowest BCUT2D eigenvalue weighted by Gasteiger charge is -2.30. The number of ether oxygens (including phenoxy) is 2. The topological polar surface area (TPSA) is 117 Å². The monoisotopic (exact) mass is 411 g/mol. The van der Waals surface area contributed by atoms with Gasteiger partial charge in [0.2, 0.25) is 15.0 Å². The first-order valence-electron chi connectivity index (χ1n) is 8.78. The van der Waals surface area contributed by atoms with Crippen LogP contribution in [0, 0.1) is 0 Å². The Labute approximate surface area is 164 Å². The van der Waals surface area contributed by atoms with Gasteiger partial charge >= 0.3 is 11.9 Å². The summed E-state index contributed by atoms with van der Waals surface area (Å²) in [5.74, 6) is -2.09. The standard InChI is InChI=1S/C18H25N3O6S/c1-7-26-16(22)13-10(3)20-11(4)14(17(23)27-8-2)15(13)12-9-19-18(21(12)5)28(6,24)25/h9,15,20H,7-8H2,1-6H3. The summed E-state index contributed by atoms with van der Waals surface area (Å²) in [5.41, 5.74) is 1.80. The predicted octanol–water partition coefficient (Wildman–Crippen LogP) is 1.18. The van der Waals surface area contributed by atoms with E-state index in [9.17, 15) is 18.0 Å². The molecule has 9 nitrogen and oxygen atoms in total. The van der Waals surface area contributed by atoms with E-state index in [-0.39, 0.29) is 29.5 Å². The Morgan fingerprint density at radius 1 is 1.11 bits per heavy atom. The zero-order chi connectivity index (χ0) is 21.2. The highest BCUT2D eigenvalue weighted by Gasteiger charge is 2.40.